The largest absolute Gasteiger partial charge is 0.423 e. The minimum absolute atomic E-state index is 0.0436. The van der Waals surface area contributed by atoms with Crippen molar-refractivity contribution in [3.05, 3.63) is 59.9 Å². The summed E-state index contributed by atoms with van der Waals surface area (Å²) in [6.07, 6.45) is 0. The van der Waals surface area contributed by atoms with Crippen molar-refractivity contribution in [2.24, 2.45) is 0 Å². The van der Waals surface area contributed by atoms with Crippen molar-refractivity contribution in [2.75, 3.05) is 0 Å². The Morgan fingerprint density at radius 1 is 1.00 bits per heavy atom. The van der Waals surface area contributed by atoms with E-state index in [-0.39, 0.29) is 5.56 Å². The van der Waals surface area contributed by atoms with E-state index in [0.717, 1.165) is 5.19 Å². The zero-order valence-corrected chi connectivity index (χ0v) is 12.8. The third-order valence-corrected chi connectivity index (χ3v) is 5.02. The van der Waals surface area contributed by atoms with Crippen LogP contribution in [0.4, 0.5) is 4.39 Å². The molecule has 0 saturated carbocycles. The average molecular weight is 288 g/mol. The highest BCUT2D eigenvalue weighted by molar-refractivity contribution is 6.89. The number of hydrogen-bond acceptors (Lipinski definition) is 2. The fourth-order valence-electron chi connectivity index (χ4n) is 1.96. The van der Waals surface area contributed by atoms with Crippen LogP contribution in [0, 0.1) is 5.82 Å². The molecule has 0 aromatic heterocycles. The quantitative estimate of drug-likeness (QED) is 0.490. The van der Waals surface area contributed by atoms with E-state index in [1.54, 1.807) is 18.2 Å². The molecule has 0 aliphatic carbocycles. The Morgan fingerprint density at radius 3 is 2.25 bits per heavy atom. The van der Waals surface area contributed by atoms with Gasteiger partial charge in [-0.25, -0.2) is 9.18 Å². The monoisotopic (exact) mass is 288 g/mol. The van der Waals surface area contributed by atoms with Gasteiger partial charge in [-0.05, 0) is 23.4 Å². The Morgan fingerprint density at radius 2 is 1.60 bits per heavy atom. The van der Waals surface area contributed by atoms with E-state index < -0.39 is 19.9 Å². The van der Waals surface area contributed by atoms with Crippen molar-refractivity contribution in [2.45, 2.75) is 19.6 Å². The van der Waals surface area contributed by atoms with Crippen LogP contribution >= 0.6 is 0 Å². The van der Waals surface area contributed by atoms with Gasteiger partial charge < -0.3 is 4.74 Å². The summed E-state index contributed by atoms with van der Waals surface area (Å²) in [6.45, 7) is 6.51. The molecule has 0 heterocycles. The van der Waals surface area contributed by atoms with Gasteiger partial charge in [-0.2, -0.15) is 0 Å². The van der Waals surface area contributed by atoms with Crippen LogP contribution in [-0.4, -0.2) is 14.0 Å². The number of rotatable bonds is 3. The predicted molar refractivity (Wildman–Crippen MR) is 80.8 cm³/mol. The van der Waals surface area contributed by atoms with Gasteiger partial charge in [-0.1, -0.05) is 50.0 Å². The van der Waals surface area contributed by atoms with E-state index >= 15 is 0 Å². The minimum atomic E-state index is -1.63. The molecular formula is C16H17FO2Si. The summed E-state index contributed by atoms with van der Waals surface area (Å²) < 4.78 is 19.0. The van der Waals surface area contributed by atoms with Crippen molar-refractivity contribution in [3.8, 4) is 5.75 Å². The van der Waals surface area contributed by atoms with Gasteiger partial charge in [0.1, 0.15) is 11.6 Å². The van der Waals surface area contributed by atoms with Gasteiger partial charge in [-0.15, -0.1) is 0 Å². The number of carbonyl (C=O) groups is 1. The molecule has 2 nitrogen and oxygen atoms in total. The first-order chi connectivity index (χ1) is 9.39. The normalized spacial score (nSPS) is 11.2. The molecule has 2 aromatic rings. The Balaban J connectivity index is 2.32. The molecular weight excluding hydrogens is 271 g/mol. The number of hydrogen-bond donors (Lipinski definition) is 0. The third-order valence-electron chi connectivity index (χ3n) is 2.99. The molecule has 0 radical (unpaired) electrons. The van der Waals surface area contributed by atoms with Crippen LogP contribution < -0.4 is 9.92 Å². The molecule has 0 N–H and O–H groups in total. The lowest BCUT2D eigenvalue weighted by molar-refractivity contribution is 0.0731. The number of ether oxygens (including phenoxy) is 1. The van der Waals surface area contributed by atoms with Crippen LogP contribution in [-0.2, 0) is 0 Å². The van der Waals surface area contributed by atoms with Crippen LogP contribution in [0.15, 0.2) is 48.5 Å². The van der Waals surface area contributed by atoms with Gasteiger partial charge in [0.2, 0.25) is 0 Å². The van der Waals surface area contributed by atoms with Crippen molar-refractivity contribution >= 4 is 19.2 Å². The molecule has 0 aliphatic heterocycles. The molecule has 4 heteroatoms. The number of benzene rings is 2. The number of esters is 1. The zero-order chi connectivity index (χ0) is 14.8. The first kappa shape index (κ1) is 14.5. The molecule has 0 bridgehead atoms. The molecule has 2 aromatic carbocycles. The van der Waals surface area contributed by atoms with E-state index in [2.05, 4.69) is 19.6 Å². The van der Waals surface area contributed by atoms with E-state index in [9.17, 15) is 9.18 Å². The fraction of sp³-hybridized carbons (Fsp3) is 0.188. The van der Waals surface area contributed by atoms with Crippen LogP contribution in [0.5, 0.6) is 5.75 Å². The summed E-state index contributed by atoms with van der Waals surface area (Å²) in [6, 6.07) is 13.3. The maximum atomic E-state index is 13.6. The van der Waals surface area contributed by atoms with Crippen LogP contribution in [0.1, 0.15) is 10.4 Å². The van der Waals surface area contributed by atoms with Gasteiger partial charge in [0.05, 0.1) is 13.6 Å². The lowest BCUT2D eigenvalue weighted by Crippen LogP contribution is -2.39. The molecule has 0 fully saturated rings. The highest BCUT2D eigenvalue weighted by Gasteiger charge is 2.23. The lowest BCUT2D eigenvalue weighted by atomic mass is 10.2. The predicted octanol–water partition coefficient (Wildman–Crippen LogP) is 3.59. The summed E-state index contributed by atoms with van der Waals surface area (Å²) in [5.74, 6) is -0.697. The van der Waals surface area contributed by atoms with Crippen molar-refractivity contribution in [1.29, 1.82) is 0 Å². The van der Waals surface area contributed by atoms with E-state index in [1.807, 2.05) is 18.2 Å². The third kappa shape index (κ3) is 3.14. The first-order valence-corrected chi connectivity index (χ1v) is 9.96. The number of para-hydroxylation sites is 1. The van der Waals surface area contributed by atoms with Crippen molar-refractivity contribution < 1.29 is 13.9 Å². The topological polar surface area (TPSA) is 26.3 Å². The zero-order valence-electron chi connectivity index (χ0n) is 11.8. The molecule has 0 aliphatic rings. The van der Waals surface area contributed by atoms with Crippen LogP contribution in [0.25, 0.3) is 0 Å². The average Bonchev–Trinajstić information content (AvgIpc) is 2.38. The second-order valence-corrected chi connectivity index (χ2v) is 10.7. The molecule has 0 amide bonds. The molecule has 0 unspecified atom stereocenters. The smallest absolute Gasteiger partial charge is 0.346 e. The summed E-state index contributed by atoms with van der Waals surface area (Å²) in [5, 5.41) is 1.05. The molecule has 2 rings (SSSR count). The maximum absolute atomic E-state index is 13.6. The van der Waals surface area contributed by atoms with E-state index in [1.165, 1.54) is 12.1 Å². The highest BCUT2D eigenvalue weighted by atomic mass is 28.3. The molecule has 0 atom stereocenters. The summed E-state index contributed by atoms with van der Waals surface area (Å²) in [4.78, 5) is 12.1. The first-order valence-electron chi connectivity index (χ1n) is 6.46. The summed E-state index contributed by atoms with van der Waals surface area (Å²) in [7, 11) is -1.63. The van der Waals surface area contributed by atoms with Gasteiger partial charge >= 0.3 is 5.97 Å². The highest BCUT2D eigenvalue weighted by Crippen LogP contribution is 2.16. The molecule has 0 spiro atoms. The SMILES string of the molecule is C[Si](C)(C)c1ccccc1OC(=O)c1ccccc1F. The summed E-state index contributed by atoms with van der Waals surface area (Å²) >= 11 is 0. The molecule has 20 heavy (non-hydrogen) atoms. The lowest BCUT2D eigenvalue weighted by Gasteiger charge is -2.20. The standard InChI is InChI=1S/C16H17FO2Si/c1-20(2,3)15-11-7-6-10-14(15)19-16(18)12-8-4-5-9-13(12)17/h4-11H,1-3H3. The molecule has 104 valence electrons. The van der Waals surface area contributed by atoms with Gasteiger partial charge in [0, 0.05) is 0 Å². The van der Waals surface area contributed by atoms with Crippen LogP contribution in [0.2, 0.25) is 19.6 Å². The van der Waals surface area contributed by atoms with Gasteiger partial charge in [-0.3, -0.25) is 0 Å². The van der Waals surface area contributed by atoms with Crippen LogP contribution in [0.3, 0.4) is 0 Å². The van der Waals surface area contributed by atoms with Crippen molar-refractivity contribution in [1.82, 2.24) is 0 Å². The number of halogens is 1. The fourth-order valence-corrected chi connectivity index (χ4v) is 3.43. The summed E-state index contributed by atoms with van der Waals surface area (Å²) in [5.41, 5.74) is -0.0436. The second kappa shape index (κ2) is 5.59. The number of carbonyl (C=O) groups excluding carboxylic acids is 1. The van der Waals surface area contributed by atoms with E-state index in [4.69, 9.17) is 4.74 Å². The van der Waals surface area contributed by atoms with Gasteiger partial charge in [0.25, 0.3) is 0 Å². The Labute approximate surface area is 119 Å². The molecule has 0 saturated heterocycles. The Hall–Kier alpha value is -1.94. The van der Waals surface area contributed by atoms with Gasteiger partial charge in [0.15, 0.2) is 0 Å². The maximum Gasteiger partial charge on any atom is 0.346 e. The minimum Gasteiger partial charge on any atom is -0.423 e. The second-order valence-electron chi connectivity index (χ2n) is 5.62. The Kier molecular flexibility index (Phi) is 4.04. The Bertz CT molecular complexity index is 632. The van der Waals surface area contributed by atoms with Crippen molar-refractivity contribution in [3.63, 3.8) is 0 Å². The van der Waals surface area contributed by atoms with E-state index in [0.29, 0.717) is 5.75 Å².